The number of aliphatic carboxylic acids is 1. The highest BCUT2D eigenvalue weighted by molar-refractivity contribution is 5.66. The van der Waals surface area contributed by atoms with Crippen LogP contribution in [0.25, 0.3) is 0 Å². The van der Waals surface area contributed by atoms with E-state index in [1.54, 1.807) is 0 Å². The van der Waals surface area contributed by atoms with Gasteiger partial charge in [-0.3, -0.25) is 4.79 Å². The molecular weight excluding hydrogens is 160 g/mol. The Morgan fingerprint density at radius 3 is 2.75 bits per heavy atom. The molecule has 1 heterocycles. The van der Waals surface area contributed by atoms with Gasteiger partial charge in [0.05, 0.1) is 0 Å². The summed E-state index contributed by atoms with van der Waals surface area (Å²) >= 11 is 0. The molecule has 0 saturated heterocycles. The molecule has 0 saturated carbocycles. The van der Waals surface area contributed by atoms with Crippen molar-refractivity contribution in [3.8, 4) is 0 Å². The number of nitrogens with zero attached hydrogens (tertiary/aromatic N) is 4. The molecule has 0 unspecified atom stereocenters. The van der Waals surface area contributed by atoms with Gasteiger partial charge in [0.15, 0.2) is 12.4 Å². The van der Waals surface area contributed by atoms with Gasteiger partial charge in [0.1, 0.15) is 0 Å². The van der Waals surface area contributed by atoms with Crippen molar-refractivity contribution in [1.29, 1.82) is 0 Å². The lowest BCUT2D eigenvalue weighted by Crippen LogP contribution is -2.11. The third-order valence-corrected chi connectivity index (χ3v) is 1.26. The first-order chi connectivity index (χ1) is 5.59. The number of hydrogen-bond acceptors (Lipinski definition) is 4. The number of hydrogen-bond donors (Lipinski definition) is 1. The summed E-state index contributed by atoms with van der Waals surface area (Å²) in [5.41, 5.74) is 0. The van der Waals surface area contributed by atoms with Gasteiger partial charge in [0, 0.05) is 5.92 Å². The molecule has 0 aliphatic heterocycles. The molecule has 1 aromatic rings. The number of carboxylic acids is 1. The third-order valence-electron chi connectivity index (χ3n) is 1.26. The summed E-state index contributed by atoms with van der Waals surface area (Å²) < 4.78 is 0. The van der Waals surface area contributed by atoms with Gasteiger partial charge >= 0.3 is 5.97 Å². The van der Waals surface area contributed by atoms with Crippen molar-refractivity contribution in [3.63, 3.8) is 0 Å². The van der Waals surface area contributed by atoms with E-state index in [4.69, 9.17) is 5.11 Å². The summed E-state index contributed by atoms with van der Waals surface area (Å²) in [6.07, 6.45) is 0. The molecule has 0 atom stereocenters. The molecule has 6 nitrogen and oxygen atoms in total. The molecule has 12 heavy (non-hydrogen) atoms. The van der Waals surface area contributed by atoms with E-state index >= 15 is 0 Å². The van der Waals surface area contributed by atoms with E-state index in [0.717, 1.165) is 4.80 Å². The van der Waals surface area contributed by atoms with Crippen LogP contribution in [-0.2, 0) is 11.3 Å². The molecule has 0 aliphatic rings. The monoisotopic (exact) mass is 170 g/mol. The summed E-state index contributed by atoms with van der Waals surface area (Å²) in [6, 6.07) is 0. The summed E-state index contributed by atoms with van der Waals surface area (Å²) in [6.45, 7) is 3.60. The summed E-state index contributed by atoms with van der Waals surface area (Å²) in [4.78, 5) is 11.3. The first-order valence-corrected chi connectivity index (χ1v) is 3.59. The minimum Gasteiger partial charge on any atom is -0.480 e. The zero-order valence-corrected chi connectivity index (χ0v) is 6.93. The lowest BCUT2D eigenvalue weighted by molar-refractivity contribution is -0.138. The topological polar surface area (TPSA) is 80.9 Å². The van der Waals surface area contributed by atoms with E-state index in [1.165, 1.54) is 0 Å². The maximum Gasteiger partial charge on any atom is 0.327 e. The predicted octanol–water partition coefficient (Wildman–Crippen LogP) is -0.119. The number of rotatable bonds is 3. The lowest BCUT2D eigenvalue weighted by atomic mass is 10.2. The van der Waals surface area contributed by atoms with Crippen molar-refractivity contribution in [2.45, 2.75) is 26.3 Å². The van der Waals surface area contributed by atoms with Crippen molar-refractivity contribution < 1.29 is 9.90 Å². The number of carboxylic acid groups (broad SMARTS) is 1. The molecule has 0 radical (unpaired) electrons. The third kappa shape index (κ3) is 2.01. The lowest BCUT2D eigenvalue weighted by Gasteiger charge is -1.93. The molecule has 0 aromatic carbocycles. The smallest absolute Gasteiger partial charge is 0.327 e. The molecule has 1 N–H and O–H groups in total. The predicted molar refractivity (Wildman–Crippen MR) is 39.5 cm³/mol. The molecule has 66 valence electrons. The molecule has 0 spiro atoms. The maximum absolute atomic E-state index is 10.2. The standard InChI is InChI=1S/C6H10N4O2/c1-4(2)6-7-9-10(8-6)3-5(11)12/h4H,3H2,1-2H3,(H,11,12). The highest BCUT2D eigenvalue weighted by Crippen LogP contribution is 2.04. The number of tetrazole rings is 1. The Balaban J connectivity index is 2.70. The highest BCUT2D eigenvalue weighted by Gasteiger charge is 2.08. The van der Waals surface area contributed by atoms with Crippen molar-refractivity contribution in [3.05, 3.63) is 5.82 Å². The maximum atomic E-state index is 10.2. The van der Waals surface area contributed by atoms with E-state index in [-0.39, 0.29) is 12.5 Å². The molecule has 0 amide bonds. The number of carbonyl (C=O) groups is 1. The first kappa shape index (κ1) is 8.63. The largest absolute Gasteiger partial charge is 0.480 e. The Labute approximate surface area is 69.2 Å². The Morgan fingerprint density at radius 2 is 2.33 bits per heavy atom. The van der Waals surface area contributed by atoms with Gasteiger partial charge in [-0.1, -0.05) is 13.8 Å². The van der Waals surface area contributed by atoms with Crippen LogP contribution in [0.4, 0.5) is 0 Å². The van der Waals surface area contributed by atoms with Crippen molar-refractivity contribution in [1.82, 2.24) is 20.2 Å². The average molecular weight is 170 g/mol. The van der Waals surface area contributed by atoms with Crippen LogP contribution < -0.4 is 0 Å². The SMILES string of the molecule is CC(C)c1nnn(CC(=O)O)n1. The van der Waals surface area contributed by atoms with Crippen molar-refractivity contribution in [2.75, 3.05) is 0 Å². The van der Waals surface area contributed by atoms with E-state index in [9.17, 15) is 4.79 Å². The second kappa shape index (κ2) is 3.29. The minimum atomic E-state index is -0.970. The van der Waals surface area contributed by atoms with Crippen LogP contribution in [0.3, 0.4) is 0 Å². The summed E-state index contributed by atoms with van der Waals surface area (Å²) in [7, 11) is 0. The molecule has 0 aliphatic carbocycles. The van der Waals surface area contributed by atoms with Gasteiger partial charge in [-0.05, 0) is 5.21 Å². The molecule has 1 rings (SSSR count). The van der Waals surface area contributed by atoms with Gasteiger partial charge < -0.3 is 5.11 Å². The van der Waals surface area contributed by atoms with Crippen molar-refractivity contribution in [2.24, 2.45) is 0 Å². The van der Waals surface area contributed by atoms with Gasteiger partial charge in [-0.15, -0.1) is 10.2 Å². The van der Waals surface area contributed by atoms with E-state index in [0.29, 0.717) is 5.82 Å². The zero-order valence-electron chi connectivity index (χ0n) is 6.93. The Kier molecular flexibility index (Phi) is 2.37. The van der Waals surface area contributed by atoms with Gasteiger partial charge in [-0.25, -0.2) is 0 Å². The van der Waals surface area contributed by atoms with Crippen molar-refractivity contribution >= 4 is 5.97 Å². The van der Waals surface area contributed by atoms with Gasteiger partial charge in [0.25, 0.3) is 0 Å². The normalized spacial score (nSPS) is 10.6. The van der Waals surface area contributed by atoms with Crippen LogP contribution in [0, 0.1) is 0 Å². The van der Waals surface area contributed by atoms with E-state index in [1.807, 2.05) is 13.8 Å². The fourth-order valence-electron chi connectivity index (χ4n) is 0.675. The second-order valence-corrected chi connectivity index (χ2v) is 2.73. The van der Waals surface area contributed by atoms with Crippen LogP contribution in [0.5, 0.6) is 0 Å². The summed E-state index contributed by atoms with van der Waals surface area (Å²) in [5.74, 6) is -0.230. The van der Waals surface area contributed by atoms with Crippen LogP contribution in [0.1, 0.15) is 25.6 Å². The molecular formula is C6H10N4O2. The molecule has 0 fully saturated rings. The molecule has 0 bridgehead atoms. The van der Waals surface area contributed by atoms with Gasteiger partial charge in [-0.2, -0.15) is 4.80 Å². The average Bonchev–Trinajstić information content (AvgIpc) is 2.34. The van der Waals surface area contributed by atoms with Crippen LogP contribution in [0.2, 0.25) is 0 Å². The highest BCUT2D eigenvalue weighted by atomic mass is 16.4. The Morgan fingerprint density at radius 1 is 1.67 bits per heavy atom. The minimum absolute atomic E-state index is 0.174. The summed E-state index contributed by atoms with van der Waals surface area (Å²) in [5, 5.41) is 19.5. The van der Waals surface area contributed by atoms with Crippen LogP contribution >= 0.6 is 0 Å². The fourth-order valence-corrected chi connectivity index (χ4v) is 0.675. The van der Waals surface area contributed by atoms with E-state index < -0.39 is 5.97 Å². The van der Waals surface area contributed by atoms with E-state index in [2.05, 4.69) is 15.4 Å². The van der Waals surface area contributed by atoms with Crippen LogP contribution in [-0.4, -0.2) is 31.3 Å². The molecule has 6 heteroatoms. The van der Waals surface area contributed by atoms with Crippen LogP contribution in [0.15, 0.2) is 0 Å². The zero-order chi connectivity index (χ0) is 9.14. The Hall–Kier alpha value is -1.46. The molecule has 1 aromatic heterocycles. The van der Waals surface area contributed by atoms with Gasteiger partial charge in [0.2, 0.25) is 0 Å². The second-order valence-electron chi connectivity index (χ2n) is 2.73. The number of aromatic nitrogens is 4. The first-order valence-electron chi connectivity index (χ1n) is 3.59. The quantitative estimate of drug-likeness (QED) is 0.684. The fraction of sp³-hybridized carbons (Fsp3) is 0.667. The Bertz CT molecular complexity index is 281.